The highest BCUT2D eigenvalue weighted by molar-refractivity contribution is 9.10. The van der Waals surface area contributed by atoms with E-state index in [0.717, 1.165) is 21.3 Å². The van der Waals surface area contributed by atoms with E-state index in [1.807, 2.05) is 43.3 Å². The van der Waals surface area contributed by atoms with Gasteiger partial charge in [0.15, 0.2) is 11.5 Å². The van der Waals surface area contributed by atoms with E-state index >= 15 is 0 Å². The van der Waals surface area contributed by atoms with Crippen molar-refractivity contribution in [3.63, 3.8) is 0 Å². The van der Waals surface area contributed by atoms with Gasteiger partial charge >= 0.3 is 5.97 Å². The summed E-state index contributed by atoms with van der Waals surface area (Å²) in [6.45, 7) is 7.79. The molecule has 168 valence electrons. The smallest absolute Gasteiger partial charge is 0.338 e. The minimum atomic E-state index is -0.315. The molecule has 0 aromatic heterocycles. The van der Waals surface area contributed by atoms with Crippen LogP contribution in [0.25, 0.3) is 0 Å². The lowest BCUT2D eigenvalue weighted by atomic mass is 10.1. The Morgan fingerprint density at radius 2 is 1.62 bits per heavy atom. The fourth-order valence-electron chi connectivity index (χ4n) is 3.16. The zero-order valence-corrected chi connectivity index (χ0v) is 20.2. The normalized spacial score (nSPS) is 10.5. The molecule has 0 saturated heterocycles. The zero-order chi connectivity index (χ0) is 22.9. The Labute approximate surface area is 197 Å². The molecule has 3 aromatic rings. The summed E-state index contributed by atoms with van der Waals surface area (Å²) in [5.74, 6) is 1.09. The first-order chi connectivity index (χ1) is 15.5. The number of carbonyl (C=O) groups excluding carboxylic acids is 1. The van der Waals surface area contributed by atoms with Crippen LogP contribution in [0.3, 0.4) is 0 Å². The monoisotopic (exact) mass is 497 g/mol. The topological polar surface area (TPSA) is 56.8 Å². The number of nitrogens with one attached hydrogen (secondary N) is 1. The molecule has 0 aliphatic rings. The summed E-state index contributed by atoms with van der Waals surface area (Å²) in [5.41, 5.74) is 4.81. The van der Waals surface area contributed by atoms with Gasteiger partial charge in [0.1, 0.15) is 6.61 Å². The maximum Gasteiger partial charge on any atom is 0.338 e. The minimum absolute atomic E-state index is 0.315. The van der Waals surface area contributed by atoms with Crippen LogP contribution < -0.4 is 14.8 Å². The lowest BCUT2D eigenvalue weighted by Gasteiger charge is -2.16. The summed E-state index contributed by atoms with van der Waals surface area (Å²) in [5, 5.41) is 3.38. The summed E-state index contributed by atoms with van der Waals surface area (Å²) in [6.07, 6.45) is 0. The lowest BCUT2D eigenvalue weighted by Crippen LogP contribution is -2.06. The quantitative estimate of drug-likeness (QED) is 0.323. The van der Waals surface area contributed by atoms with Gasteiger partial charge in [-0.2, -0.15) is 0 Å². The lowest BCUT2D eigenvalue weighted by molar-refractivity contribution is 0.0526. The van der Waals surface area contributed by atoms with Gasteiger partial charge in [-0.25, -0.2) is 4.79 Å². The molecule has 0 saturated carbocycles. The van der Waals surface area contributed by atoms with Gasteiger partial charge in [-0.15, -0.1) is 0 Å². The molecule has 6 heteroatoms. The highest BCUT2D eigenvalue weighted by atomic mass is 79.9. The maximum absolute atomic E-state index is 11.8. The number of benzene rings is 3. The van der Waals surface area contributed by atoms with Crippen molar-refractivity contribution in [2.45, 2.75) is 33.9 Å². The molecule has 0 heterocycles. The van der Waals surface area contributed by atoms with Gasteiger partial charge in [0, 0.05) is 16.7 Å². The summed E-state index contributed by atoms with van der Waals surface area (Å²) in [6, 6.07) is 19.3. The van der Waals surface area contributed by atoms with Crippen LogP contribution in [0.2, 0.25) is 0 Å². The summed E-state index contributed by atoms with van der Waals surface area (Å²) in [4.78, 5) is 11.8. The third-order valence-corrected chi connectivity index (χ3v) is 5.67. The number of hydrogen-bond donors (Lipinski definition) is 1. The van der Waals surface area contributed by atoms with Crippen molar-refractivity contribution in [1.82, 2.24) is 0 Å². The van der Waals surface area contributed by atoms with Crippen LogP contribution in [0.5, 0.6) is 11.5 Å². The third-order valence-electron chi connectivity index (χ3n) is 4.94. The molecule has 0 fully saturated rings. The van der Waals surface area contributed by atoms with Crippen molar-refractivity contribution in [3.05, 3.63) is 87.4 Å². The van der Waals surface area contributed by atoms with E-state index in [-0.39, 0.29) is 5.97 Å². The first-order valence-corrected chi connectivity index (χ1v) is 11.4. The summed E-state index contributed by atoms with van der Waals surface area (Å²) < 4.78 is 17.9. The highest BCUT2D eigenvalue weighted by Crippen LogP contribution is 2.35. The SMILES string of the molecule is CCOC(=O)c1ccc(NCc2cc(OCC)c(OCc3ccccc3C)cc2Br)cc1. The molecule has 3 aromatic carbocycles. The fourth-order valence-corrected chi connectivity index (χ4v) is 3.62. The van der Waals surface area contributed by atoms with Gasteiger partial charge in [-0.3, -0.25) is 0 Å². The molecule has 0 radical (unpaired) electrons. The van der Waals surface area contributed by atoms with E-state index < -0.39 is 0 Å². The second-order valence-electron chi connectivity index (χ2n) is 7.19. The fraction of sp³-hybridized carbons (Fsp3) is 0.269. The van der Waals surface area contributed by atoms with Crippen molar-refractivity contribution in [3.8, 4) is 11.5 Å². The number of anilines is 1. The maximum atomic E-state index is 11.8. The number of carbonyl (C=O) groups is 1. The van der Waals surface area contributed by atoms with E-state index in [4.69, 9.17) is 14.2 Å². The number of hydrogen-bond acceptors (Lipinski definition) is 5. The highest BCUT2D eigenvalue weighted by Gasteiger charge is 2.12. The average molecular weight is 498 g/mol. The molecule has 5 nitrogen and oxygen atoms in total. The zero-order valence-electron chi connectivity index (χ0n) is 18.6. The van der Waals surface area contributed by atoms with Crippen molar-refractivity contribution >= 4 is 27.6 Å². The molecule has 0 aliphatic heterocycles. The van der Waals surface area contributed by atoms with Crippen LogP contribution in [0.1, 0.15) is 40.9 Å². The van der Waals surface area contributed by atoms with Crippen molar-refractivity contribution < 1.29 is 19.0 Å². The second-order valence-corrected chi connectivity index (χ2v) is 8.04. The average Bonchev–Trinajstić information content (AvgIpc) is 2.79. The molecular weight excluding hydrogens is 470 g/mol. The molecule has 1 N–H and O–H groups in total. The Morgan fingerprint density at radius 3 is 2.31 bits per heavy atom. The second kappa shape index (κ2) is 11.6. The standard InChI is InChI=1S/C26H28BrNO4/c1-4-30-24-14-21(16-28-22-12-10-19(11-13-22)26(29)31-5-2)23(27)15-25(24)32-17-20-9-7-6-8-18(20)3/h6-15,28H,4-5,16-17H2,1-3H3. The van der Waals surface area contributed by atoms with Crippen molar-refractivity contribution in [1.29, 1.82) is 0 Å². The molecule has 0 spiro atoms. The van der Waals surface area contributed by atoms with Crippen LogP contribution in [0, 0.1) is 6.92 Å². The Balaban J connectivity index is 1.70. The van der Waals surface area contributed by atoms with Crippen LogP contribution in [-0.2, 0) is 17.9 Å². The number of aryl methyl sites for hydroxylation is 1. The Bertz CT molecular complexity index is 1050. The van der Waals surface area contributed by atoms with E-state index in [1.54, 1.807) is 19.1 Å². The molecule has 0 amide bonds. The van der Waals surface area contributed by atoms with E-state index in [9.17, 15) is 4.79 Å². The number of esters is 1. The number of ether oxygens (including phenoxy) is 3. The first-order valence-electron chi connectivity index (χ1n) is 10.6. The molecule has 32 heavy (non-hydrogen) atoms. The Hall–Kier alpha value is -2.99. The van der Waals surface area contributed by atoms with Crippen LogP contribution in [-0.4, -0.2) is 19.2 Å². The predicted octanol–water partition coefficient (Wildman–Crippen LogP) is 6.52. The van der Waals surface area contributed by atoms with Gasteiger partial charge in [0.2, 0.25) is 0 Å². The molecule has 0 bridgehead atoms. The van der Waals surface area contributed by atoms with Crippen LogP contribution in [0.4, 0.5) is 5.69 Å². The molecule has 3 rings (SSSR count). The number of halogens is 1. The molecule has 0 unspecified atom stereocenters. The van der Waals surface area contributed by atoms with Crippen molar-refractivity contribution in [2.24, 2.45) is 0 Å². The first kappa shape index (κ1) is 23.7. The van der Waals surface area contributed by atoms with E-state index in [1.165, 1.54) is 5.56 Å². The van der Waals surface area contributed by atoms with E-state index in [0.29, 0.717) is 43.4 Å². The van der Waals surface area contributed by atoms with Crippen LogP contribution >= 0.6 is 15.9 Å². The summed E-state index contributed by atoms with van der Waals surface area (Å²) in [7, 11) is 0. The van der Waals surface area contributed by atoms with Crippen LogP contribution in [0.15, 0.2) is 65.1 Å². The molecular formula is C26H28BrNO4. The van der Waals surface area contributed by atoms with Gasteiger partial charge in [-0.05, 0) is 73.9 Å². The Morgan fingerprint density at radius 1 is 0.906 bits per heavy atom. The van der Waals surface area contributed by atoms with Gasteiger partial charge in [0.05, 0.1) is 18.8 Å². The largest absolute Gasteiger partial charge is 0.490 e. The molecule has 0 aliphatic carbocycles. The molecule has 0 atom stereocenters. The third kappa shape index (κ3) is 6.26. The van der Waals surface area contributed by atoms with Gasteiger partial charge in [-0.1, -0.05) is 40.2 Å². The summed E-state index contributed by atoms with van der Waals surface area (Å²) >= 11 is 3.66. The van der Waals surface area contributed by atoms with Crippen molar-refractivity contribution in [2.75, 3.05) is 18.5 Å². The predicted molar refractivity (Wildman–Crippen MR) is 131 cm³/mol. The van der Waals surface area contributed by atoms with Gasteiger partial charge < -0.3 is 19.5 Å². The van der Waals surface area contributed by atoms with Gasteiger partial charge in [0.25, 0.3) is 0 Å². The Kier molecular flexibility index (Phi) is 8.56. The van der Waals surface area contributed by atoms with E-state index in [2.05, 4.69) is 40.3 Å². The number of rotatable bonds is 10. The minimum Gasteiger partial charge on any atom is -0.490 e.